The van der Waals surface area contributed by atoms with Gasteiger partial charge in [0.1, 0.15) is 11.4 Å². The summed E-state index contributed by atoms with van der Waals surface area (Å²) < 4.78 is 8.85. The lowest BCUT2D eigenvalue weighted by molar-refractivity contribution is 0.242. The van der Waals surface area contributed by atoms with Crippen LogP contribution in [0.25, 0.3) is 16.9 Å². The van der Waals surface area contributed by atoms with E-state index in [0.717, 1.165) is 27.1 Å². The van der Waals surface area contributed by atoms with E-state index in [2.05, 4.69) is 56.6 Å². The number of aromatic nitrogens is 2. The van der Waals surface area contributed by atoms with Crippen molar-refractivity contribution in [1.29, 1.82) is 0 Å². The molecule has 2 heterocycles. The van der Waals surface area contributed by atoms with Gasteiger partial charge >= 0.3 is 0 Å². The fourth-order valence-corrected chi connectivity index (χ4v) is 2.60. The number of hydrogen-bond acceptors (Lipinski definition) is 2. The minimum Gasteiger partial charge on any atom is -0.491 e. The summed E-state index contributed by atoms with van der Waals surface area (Å²) in [6.45, 7) is 6.12. The van der Waals surface area contributed by atoms with Gasteiger partial charge in [0.25, 0.3) is 0 Å². The van der Waals surface area contributed by atoms with E-state index in [9.17, 15) is 0 Å². The molecule has 0 aliphatic rings. The van der Waals surface area contributed by atoms with E-state index in [1.54, 1.807) is 0 Å². The largest absolute Gasteiger partial charge is 0.491 e. The summed E-state index contributed by atoms with van der Waals surface area (Å²) in [5, 5.41) is 0. The lowest BCUT2D eigenvalue weighted by Crippen LogP contribution is -2.05. The zero-order valence-corrected chi connectivity index (χ0v) is 13.9. The summed E-state index contributed by atoms with van der Waals surface area (Å²) >= 11 is 3.58. The van der Waals surface area contributed by atoms with E-state index < -0.39 is 0 Å². The van der Waals surface area contributed by atoms with Crippen molar-refractivity contribution in [2.45, 2.75) is 26.9 Å². The van der Waals surface area contributed by atoms with E-state index in [1.165, 1.54) is 5.56 Å². The normalized spacial score (nSPS) is 11.3. The van der Waals surface area contributed by atoms with Gasteiger partial charge in [-0.05, 0) is 72.6 Å². The summed E-state index contributed by atoms with van der Waals surface area (Å²) in [7, 11) is 0. The maximum atomic E-state index is 5.68. The van der Waals surface area contributed by atoms with Crippen LogP contribution in [0.15, 0.2) is 47.2 Å². The number of pyridine rings is 1. The summed E-state index contributed by atoms with van der Waals surface area (Å²) in [4.78, 5) is 4.48. The van der Waals surface area contributed by atoms with Crippen LogP contribution < -0.4 is 4.74 Å². The third kappa shape index (κ3) is 2.81. The quantitative estimate of drug-likeness (QED) is 0.678. The molecular formula is C17H17BrN2O. The van der Waals surface area contributed by atoms with Gasteiger partial charge in [-0.1, -0.05) is 0 Å². The van der Waals surface area contributed by atoms with Gasteiger partial charge in [0.15, 0.2) is 0 Å². The van der Waals surface area contributed by atoms with E-state index in [0.29, 0.717) is 0 Å². The van der Waals surface area contributed by atoms with Crippen LogP contribution in [0.5, 0.6) is 5.75 Å². The molecule has 21 heavy (non-hydrogen) atoms. The number of hydrogen-bond donors (Lipinski definition) is 0. The molecule has 3 aromatic rings. The predicted molar refractivity (Wildman–Crippen MR) is 88.8 cm³/mol. The van der Waals surface area contributed by atoms with Crippen LogP contribution in [0, 0.1) is 6.92 Å². The van der Waals surface area contributed by atoms with Crippen LogP contribution in [-0.2, 0) is 0 Å². The number of halogens is 1. The van der Waals surface area contributed by atoms with Crippen molar-refractivity contribution in [2.75, 3.05) is 0 Å². The first-order valence-electron chi connectivity index (χ1n) is 6.95. The van der Waals surface area contributed by atoms with E-state index >= 15 is 0 Å². The van der Waals surface area contributed by atoms with Gasteiger partial charge in [-0.2, -0.15) is 0 Å². The standard InChI is InChI=1S/C17H17BrN2O/c1-11(2)21-14-6-4-13(5-7-14)16-9-19-17-8-12(3)15(18)10-20(16)17/h4-11H,1-3H3. The minimum atomic E-state index is 0.186. The fourth-order valence-electron chi connectivity index (χ4n) is 2.29. The van der Waals surface area contributed by atoms with Crippen LogP contribution in [0.2, 0.25) is 0 Å². The number of rotatable bonds is 3. The molecule has 0 spiro atoms. The zero-order chi connectivity index (χ0) is 15.0. The topological polar surface area (TPSA) is 26.5 Å². The smallest absolute Gasteiger partial charge is 0.137 e. The molecule has 0 bridgehead atoms. The molecule has 108 valence electrons. The second-order valence-corrected chi connectivity index (χ2v) is 6.22. The van der Waals surface area contributed by atoms with E-state index in [4.69, 9.17) is 4.74 Å². The van der Waals surface area contributed by atoms with Gasteiger partial charge in [-0.25, -0.2) is 4.98 Å². The van der Waals surface area contributed by atoms with Crippen molar-refractivity contribution in [3.63, 3.8) is 0 Å². The second-order valence-electron chi connectivity index (χ2n) is 5.37. The molecule has 0 N–H and O–H groups in total. The lowest BCUT2D eigenvalue weighted by Gasteiger charge is -2.10. The first kappa shape index (κ1) is 14.1. The molecule has 0 amide bonds. The molecule has 3 nitrogen and oxygen atoms in total. The molecule has 0 radical (unpaired) electrons. The van der Waals surface area contributed by atoms with Crippen molar-refractivity contribution in [3.05, 3.63) is 52.8 Å². The molecule has 0 saturated heterocycles. The summed E-state index contributed by atoms with van der Waals surface area (Å²) in [6.07, 6.45) is 4.15. The Labute approximate surface area is 132 Å². The fraction of sp³-hybridized carbons (Fsp3) is 0.235. The van der Waals surface area contributed by atoms with Gasteiger partial charge < -0.3 is 4.74 Å². The Bertz CT molecular complexity index is 775. The molecule has 0 aliphatic carbocycles. The van der Waals surface area contributed by atoms with E-state index in [1.807, 2.05) is 32.2 Å². The Morgan fingerprint density at radius 1 is 1.19 bits per heavy atom. The minimum absolute atomic E-state index is 0.186. The summed E-state index contributed by atoms with van der Waals surface area (Å²) in [6, 6.07) is 10.2. The highest BCUT2D eigenvalue weighted by Crippen LogP contribution is 2.26. The highest BCUT2D eigenvalue weighted by Gasteiger charge is 2.08. The molecule has 0 saturated carbocycles. The van der Waals surface area contributed by atoms with Crippen LogP contribution >= 0.6 is 15.9 Å². The third-order valence-electron chi connectivity index (χ3n) is 3.31. The molecule has 3 rings (SSSR count). The highest BCUT2D eigenvalue weighted by atomic mass is 79.9. The number of imidazole rings is 1. The Kier molecular flexibility index (Phi) is 3.72. The molecule has 1 aromatic carbocycles. The molecule has 0 unspecified atom stereocenters. The Morgan fingerprint density at radius 2 is 1.90 bits per heavy atom. The number of aryl methyl sites for hydroxylation is 1. The highest BCUT2D eigenvalue weighted by molar-refractivity contribution is 9.10. The van der Waals surface area contributed by atoms with Crippen molar-refractivity contribution < 1.29 is 4.74 Å². The number of nitrogens with zero attached hydrogens (tertiary/aromatic N) is 2. The van der Waals surface area contributed by atoms with Crippen molar-refractivity contribution in [2.24, 2.45) is 0 Å². The molecule has 4 heteroatoms. The monoisotopic (exact) mass is 344 g/mol. The average Bonchev–Trinajstić information content (AvgIpc) is 2.82. The maximum absolute atomic E-state index is 5.68. The van der Waals surface area contributed by atoms with Gasteiger partial charge in [-0.3, -0.25) is 4.40 Å². The molecule has 0 aliphatic heterocycles. The first-order valence-corrected chi connectivity index (χ1v) is 7.74. The van der Waals surface area contributed by atoms with Crippen molar-refractivity contribution in [3.8, 4) is 17.0 Å². The third-order valence-corrected chi connectivity index (χ3v) is 4.14. The van der Waals surface area contributed by atoms with Crippen LogP contribution in [0.4, 0.5) is 0 Å². The summed E-state index contributed by atoms with van der Waals surface area (Å²) in [5.74, 6) is 0.889. The van der Waals surface area contributed by atoms with Crippen LogP contribution in [0.1, 0.15) is 19.4 Å². The van der Waals surface area contributed by atoms with Gasteiger partial charge in [0.2, 0.25) is 0 Å². The Morgan fingerprint density at radius 3 is 2.57 bits per heavy atom. The Balaban J connectivity index is 2.02. The first-order chi connectivity index (χ1) is 10.0. The van der Waals surface area contributed by atoms with Crippen LogP contribution in [-0.4, -0.2) is 15.5 Å². The molecule has 2 aromatic heterocycles. The van der Waals surface area contributed by atoms with Crippen molar-refractivity contribution >= 4 is 21.6 Å². The maximum Gasteiger partial charge on any atom is 0.137 e. The van der Waals surface area contributed by atoms with Crippen molar-refractivity contribution in [1.82, 2.24) is 9.38 Å². The van der Waals surface area contributed by atoms with Gasteiger partial charge in [-0.15, -0.1) is 0 Å². The average molecular weight is 345 g/mol. The Hall–Kier alpha value is -1.81. The zero-order valence-electron chi connectivity index (χ0n) is 12.3. The molecular weight excluding hydrogens is 328 g/mol. The van der Waals surface area contributed by atoms with Gasteiger partial charge in [0, 0.05) is 16.2 Å². The summed E-state index contributed by atoms with van der Waals surface area (Å²) in [5.41, 5.74) is 4.32. The van der Waals surface area contributed by atoms with Gasteiger partial charge in [0.05, 0.1) is 18.0 Å². The number of ether oxygens (including phenoxy) is 1. The number of benzene rings is 1. The van der Waals surface area contributed by atoms with E-state index in [-0.39, 0.29) is 6.10 Å². The second kappa shape index (κ2) is 5.53. The molecule has 0 fully saturated rings. The number of fused-ring (bicyclic) bond motifs is 1. The predicted octanol–water partition coefficient (Wildman–Crippen LogP) is 4.86. The molecule has 0 atom stereocenters. The SMILES string of the molecule is Cc1cc2ncc(-c3ccc(OC(C)C)cc3)n2cc1Br. The van der Waals surface area contributed by atoms with Crippen LogP contribution in [0.3, 0.4) is 0 Å². The lowest BCUT2D eigenvalue weighted by atomic mass is 10.1.